The molecule has 1 rings (SSSR count). The van der Waals surface area contributed by atoms with Crippen LogP contribution in [0.4, 0.5) is 0 Å². The molecule has 0 spiro atoms. The van der Waals surface area contributed by atoms with Crippen LogP contribution in [-0.4, -0.2) is 4.89 Å². The van der Waals surface area contributed by atoms with E-state index < -0.39 is 7.37 Å². The Kier molecular flexibility index (Phi) is 4.12. The summed E-state index contributed by atoms with van der Waals surface area (Å²) >= 11 is 0. The van der Waals surface area contributed by atoms with Gasteiger partial charge in [0.15, 0.2) is 0 Å². The zero-order valence-corrected chi connectivity index (χ0v) is 9.15. The summed E-state index contributed by atoms with van der Waals surface area (Å²) in [7, 11) is -3.26. The van der Waals surface area contributed by atoms with Crippen LogP contribution in [0.3, 0.4) is 0 Å². The molecule has 0 radical (unpaired) electrons. The number of benzene rings is 1. The molecule has 0 fully saturated rings. The van der Waals surface area contributed by atoms with Gasteiger partial charge in [0.25, 0.3) is 7.37 Å². The second kappa shape index (κ2) is 5.14. The minimum absolute atomic E-state index is 0.493. The third-order valence-corrected chi connectivity index (χ3v) is 3.54. The van der Waals surface area contributed by atoms with E-state index in [1.165, 1.54) is 5.82 Å². The first kappa shape index (κ1) is 11.2. The van der Waals surface area contributed by atoms with Crippen LogP contribution in [0.15, 0.2) is 42.2 Å². The van der Waals surface area contributed by atoms with Crippen molar-refractivity contribution in [2.24, 2.45) is 0 Å². The molecule has 1 N–H and O–H groups in total. The molecule has 14 heavy (non-hydrogen) atoms. The fraction of sp³-hybridized carbons (Fsp3) is 0.273. The molecule has 1 atom stereocenters. The van der Waals surface area contributed by atoms with Crippen molar-refractivity contribution in [3.8, 4) is 0 Å². The van der Waals surface area contributed by atoms with Crippen LogP contribution in [0.2, 0.25) is 0 Å². The average molecular weight is 210 g/mol. The van der Waals surface area contributed by atoms with Crippen LogP contribution < -0.4 is 5.30 Å². The maximum atomic E-state index is 11.8. The number of hydrogen-bond acceptors (Lipinski definition) is 1. The van der Waals surface area contributed by atoms with Crippen molar-refractivity contribution in [1.29, 1.82) is 0 Å². The van der Waals surface area contributed by atoms with E-state index in [2.05, 4.69) is 0 Å². The molecule has 1 aromatic rings. The highest BCUT2D eigenvalue weighted by atomic mass is 31.2. The Labute approximate surface area is 84.7 Å². The second-order valence-corrected chi connectivity index (χ2v) is 5.19. The number of allylic oxidation sites excluding steroid dienone is 1. The van der Waals surface area contributed by atoms with Gasteiger partial charge >= 0.3 is 0 Å². The lowest BCUT2D eigenvalue weighted by Gasteiger charge is -2.05. The molecular formula is C11H15O2P. The predicted molar refractivity (Wildman–Crippen MR) is 59.9 cm³/mol. The van der Waals surface area contributed by atoms with Gasteiger partial charge in [-0.1, -0.05) is 37.6 Å². The maximum absolute atomic E-state index is 11.8. The van der Waals surface area contributed by atoms with E-state index in [0.29, 0.717) is 5.30 Å². The van der Waals surface area contributed by atoms with Crippen LogP contribution >= 0.6 is 7.37 Å². The monoisotopic (exact) mass is 210 g/mol. The van der Waals surface area contributed by atoms with Gasteiger partial charge < -0.3 is 4.89 Å². The average Bonchev–Trinajstić information content (AvgIpc) is 2.19. The van der Waals surface area contributed by atoms with Gasteiger partial charge in [0.05, 0.1) is 0 Å². The maximum Gasteiger partial charge on any atom is 0.251 e. The Morgan fingerprint density at radius 1 is 1.36 bits per heavy atom. The highest BCUT2D eigenvalue weighted by molar-refractivity contribution is 7.69. The molecule has 0 aromatic heterocycles. The number of unbranched alkanes of at least 4 members (excludes halogenated alkanes) is 1. The summed E-state index contributed by atoms with van der Waals surface area (Å²) in [4.78, 5) is 9.68. The Hall–Kier alpha value is -0.850. The smallest absolute Gasteiger partial charge is 0.251 e. The number of rotatable bonds is 4. The van der Waals surface area contributed by atoms with Gasteiger partial charge in [-0.2, -0.15) is 0 Å². The van der Waals surface area contributed by atoms with Gasteiger partial charge in [-0.05, 0) is 18.6 Å². The number of hydrogen-bond donors (Lipinski definition) is 1. The molecule has 1 aromatic carbocycles. The van der Waals surface area contributed by atoms with Crippen molar-refractivity contribution in [2.45, 2.75) is 19.8 Å². The van der Waals surface area contributed by atoms with E-state index >= 15 is 0 Å². The highest BCUT2D eigenvalue weighted by Gasteiger charge is 2.15. The minimum Gasteiger partial charge on any atom is -0.338 e. The Balaban J connectivity index is 2.81. The highest BCUT2D eigenvalue weighted by Crippen LogP contribution is 2.40. The SMILES string of the molecule is CCCC=CP(=O)(O)c1ccccc1. The standard InChI is InChI=1S/C11H15O2P/c1-2-3-7-10-14(12,13)11-8-5-4-6-9-11/h4-10H,2-3H2,1H3,(H,12,13). The van der Waals surface area contributed by atoms with Crippen molar-refractivity contribution in [3.05, 3.63) is 42.2 Å². The summed E-state index contributed by atoms with van der Waals surface area (Å²) < 4.78 is 11.8. The van der Waals surface area contributed by atoms with Gasteiger partial charge in [0.1, 0.15) is 0 Å². The van der Waals surface area contributed by atoms with Crippen molar-refractivity contribution in [3.63, 3.8) is 0 Å². The summed E-state index contributed by atoms with van der Waals surface area (Å²) in [6.07, 6.45) is 3.61. The Morgan fingerprint density at radius 2 is 2.00 bits per heavy atom. The van der Waals surface area contributed by atoms with Crippen molar-refractivity contribution >= 4 is 12.7 Å². The molecule has 0 saturated heterocycles. The van der Waals surface area contributed by atoms with E-state index in [1.54, 1.807) is 30.3 Å². The largest absolute Gasteiger partial charge is 0.338 e. The molecule has 0 heterocycles. The quantitative estimate of drug-likeness (QED) is 0.776. The summed E-state index contributed by atoms with van der Waals surface area (Å²) in [5.74, 6) is 1.42. The summed E-state index contributed by atoms with van der Waals surface area (Å²) in [6, 6.07) is 8.73. The predicted octanol–water partition coefficient (Wildman–Crippen LogP) is 2.90. The first-order chi connectivity index (χ1) is 6.67. The first-order valence-corrected chi connectivity index (χ1v) is 6.45. The van der Waals surface area contributed by atoms with E-state index in [1.807, 2.05) is 13.0 Å². The van der Waals surface area contributed by atoms with Crippen LogP contribution in [0, 0.1) is 0 Å². The summed E-state index contributed by atoms with van der Waals surface area (Å²) in [5, 5.41) is 0.493. The molecule has 0 aliphatic heterocycles. The molecular weight excluding hydrogens is 195 g/mol. The van der Waals surface area contributed by atoms with Crippen molar-refractivity contribution < 1.29 is 9.46 Å². The lowest BCUT2D eigenvalue weighted by molar-refractivity contribution is 0.500. The fourth-order valence-electron chi connectivity index (χ4n) is 1.11. The topological polar surface area (TPSA) is 37.3 Å². The minimum atomic E-state index is -3.26. The molecule has 0 amide bonds. The van der Waals surface area contributed by atoms with Gasteiger partial charge in [-0.25, -0.2) is 0 Å². The molecule has 0 aliphatic rings. The van der Waals surface area contributed by atoms with Gasteiger partial charge in [0.2, 0.25) is 0 Å². The van der Waals surface area contributed by atoms with Crippen LogP contribution in [0.25, 0.3) is 0 Å². The lowest BCUT2D eigenvalue weighted by Crippen LogP contribution is -2.00. The fourth-order valence-corrected chi connectivity index (χ4v) is 2.32. The summed E-state index contributed by atoms with van der Waals surface area (Å²) in [5.41, 5.74) is 0. The van der Waals surface area contributed by atoms with Crippen LogP contribution in [-0.2, 0) is 4.57 Å². The molecule has 2 nitrogen and oxygen atoms in total. The zero-order valence-electron chi connectivity index (χ0n) is 8.26. The van der Waals surface area contributed by atoms with E-state index in [0.717, 1.165) is 12.8 Å². The van der Waals surface area contributed by atoms with Gasteiger partial charge in [-0.3, -0.25) is 4.57 Å². The second-order valence-electron chi connectivity index (χ2n) is 3.13. The Morgan fingerprint density at radius 3 is 2.57 bits per heavy atom. The van der Waals surface area contributed by atoms with E-state index in [9.17, 15) is 9.46 Å². The van der Waals surface area contributed by atoms with Gasteiger partial charge in [-0.15, -0.1) is 0 Å². The van der Waals surface area contributed by atoms with Gasteiger partial charge in [0, 0.05) is 11.1 Å². The van der Waals surface area contributed by atoms with Crippen LogP contribution in [0.5, 0.6) is 0 Å². The molecule has 0 saturated carbocycles. The first-order valence-electron chi connectivity index (χ1n) is 4.72. The molecule has 1 unspecified atom stereocenters. The van der Waals surface area contributed by atoms with Crippen molar-refractivity contribution in [2.75, 3.05) is 0 Å². The molecule has 0 bridgehead atoms. The normalized spacial score (nSPS) is 15.6. The molecule has 76 valence electrons. The van der Waals surface area contributed by atoms with E-state index in [4.69, 9.17) is 0 Å². The summed E-state index contributed by atoms with van der Waals surface area (Å²) in [6.45, 7) is 2.04. The third-order valence-electron chi connectivity index (χ3n) is 1.89. The molecule has 0 aliphatic carbocycles. The zero-order chi connectivity index (χ0) is 10.4. The molecule has 3 heteroatoms. The Bertz CT molecular complexity index is 344. The van der Waals surface area contributed by atoms with Crippen molar-refractivity contribution in [1.82, 2.24) is 0 Å². The lowest BCUT2D eigenvalue weighted by atomic mass is 10.3. The van der Waals surface area contributed by atoms with Crippen LogP contribution in [0.1, 0.15) is 19.8 Å². The van der Waals surface area contributed by atoms with E-state index in [-0.39, 0.29) is 0 Å². The third kappa shape index (κ3) is 3.13.